The molecule has 0 radical (unpaired) electrons. The van der Waals surface area contributed by atoms with Crippen LogP contribution in [-0.2, 0) is 4.74 Å². The summed E-state index contributed by atoms with van der Waals surface area (Å²) in [6.45, 7) is 5.02. The minimum atomic E-state index is 0.0258. The minimum Gasteiger partial charge on any atom is -0.378 e. The van der Waals surface area contributed by atoms with E-state index in [1.807, 2.05) is 30.5 Å². The topological polar surface area (TPSA) is 42.4 Å². The van der Waals surface area contributed by atoms with Crippen molar-refractivity contribution in [1.29, 1.82) is 0 Å². The summed E-state index contributed by atoms with van der Waals surface area (Å²) in [4.78, 5) is 20.8. The Morgan fingerprint density at radius 1 is 1.43 bits per heavy atom. The lowest BCUT2D eigenvalue weighted by atomic mass is 10.2. The zero-order valence-electron chi connectivity index (χ0n) is 11.7. The maximum absolute atomic E-state index is 12.3. The summed E-state index contributed by atoms with van der Waals surface area (Å²) in [6, 6.07) is 3.97. The summed E-state index contributed by atoms with van der Waals surface area (Å²) in [5.41, 5.74) is 0.808. The Morgan fingerprint density at radius 2 is 2.24 bits per heavy atom. The molecule has 3 rings (SSSR count). The second-order valence-corrected chi connectivity index (χ2v) is 6.68. The molecule has 2 aromatic rings. The van der Waals surface area contributed by atoms with E-state index >= 15 is 0 Å². The standard InChI is InChI=1S/C15H16N2O2S2/c1-11-14(13(18)5-4-12-3-2-10-20-12)21-15(16-11)17-6-8-19-9-7-17/h2-5,10H,6-9H2,1H3. The number of aryl methyl sites for hydroxylation is 1. The number of anilines is 1. The van der Waals surface area contributed by atoms with Gasteiger partial charge >= 0.3 is 0 Å². The van der Waals surface area contributed by atoms with Crippen molar-refractivity contribution in [3.63, 3.8) is 0 Å². The number of allylic oxidation sites excluding steroid dienone is 1. The average Bonchev–Trinajstić information content (AvgIpc) is 3.15. The number of aromatic nitrogens is 1. The van der Waals surface area contributed by atoms with Crippen LogP contribution in [0.25, 0.3) is 6.08 Å². The molecule has 0 unspecified atom stereocenters. The molecule has 1 fully saturated rings. The predicted molar refractivity (Wildman–Crippen MR) is 87.6 cm³/mol. The maximum atomic E-state index is 12.3. The van der Waals surface area contributed by atoms with E-state index in [2.05, 4.69) is 9.88 Å². The first kappa shape index (κ1) is 14.4. The molecule has 0 bridgehead atoms. The van der Waals surface area contributed by atoms with E-state index in [4.69, 9.17) is 4.74 Å². The Balaban J connectivity index is 1.75. The first-order chi connectivity index (χ1) is 10.2. The molecule has 3 heterocycles. The van der Waals surface area contributed by atoms with Gasteiger partial charge in [-0.05, 0) is 30.5 Å². The van der Waals surface area contributed by atoms with Crippen molar-refractivity contribution in [2.24, 2.45) is 0 Å². The van der Waals surface area contributed by atoms with Gasteiger partial charge in [0.1, 0.15) is 0 Å². The number of nitrogens with zero attached hydrogens (tertiary/aromatic N) is 2. The van der Waals surface area contributed by atoms with E-state index in [0.29, 0.717) is 0 Å². The third-order valence-electron chi connectivity index (χ3n) is 3.23. The van der Waals surface area contributed by atoms with Crippen LogP contribution in [0.3, 0.4) is 0 Å². The van der Waals surface area contributed by atoms with Gasteiger partial charge < -0.3 is 9.64 Å². The van der Waals surface area contributed by atoms with E-state index in [1.54, 1.807) is 17.4 Å². The third-order valence-corrected chi connectivity index (χ3v) is 5.30. The Bertz CT molecular complexity index is 641. The molecule has 0 atom stereocenters. The van der Waals surface area contributed by atoms with Gasteiger partial charge in [-0.2, -0.15) is 0 Å². The monoisotopic (exact) mass is 320 g/mol. The van der Waals surface area contributed by atoms with Crippen molar-refractivity contribution in [1.82, 2.24) is 4.98 Å². The fraction of sp³-hybridized carbons (Fsp3) is 0.333. The highest BCUT2D eigenvalue weighted by molar-refractivity contribution is 7.17. The van der Waals surface area contributed by atoms with E-state index < -0.39 is 0 Å². The molecule has 1 saturated heterocycles. The lowest BCUT2D eigenvalue weighted by molar-refractivity contribution is 0.105. The van der Waals surface area contributed by atoms with Crippen LogP contribution in [0.15, 0.2) is 23.6 Å². The van der Waals surface area contributed by atoms with Crippen LogP contribution >= 0.6 is 22.7 Å². The molecule has 0 amide bonds. The van der Waals surface area contributed by atoms with Crippen LogP contribution in [0.2, 0.25) is 0 Å². The highest BCUT2D eigenvalue weighted by Crippen LogP contribution is 2.27. The summed E-state index contributed by atoms with van der Waals surface area (Å²) in [7, 11) is 0. The second kappa shape index (κ2) is 6.51. The van der Waals surface area contributed by atoms with Crippen LogP contribution in [0.1, 0.15) is 20.2 Å². The summed E-state index contributed by atoms with van der Waals surface area (Å²) in [5.74, 6) is 0.0258. The van der Waals surface area contributed by atoms with Crippen molar-refractivity contribution in [2.75, 3.05) is 31.2 Å². The van der Waals surface area contributed by atoms with Gasteiger partial charge in [0.05, 0.1) is 23.8 Å². The third kappa shape index (κ3) is 3.40. The van der Waals surface area contributed by atoms with Gasteiger partial charge in [-0.1, -0.05) is 17.4 Å². The number of hydrogen-bond donors (Lipinski definition) is 0. The van der Waals surface area contributed by atoms with E-state index in [0.717, 1.165) is 46.9 Å². The van der Waals surface area contributed by atoms with Crippen LogP contribution < -0.4 is 4.90 Å². The van der Waals surface area contributed by atoms with Crippen LogP contribution in [-0.4, -0.2) is 37.1 Å². The molecular formula is C15H16N2O2S2. The van der Waals surface area contributed by atoms with Crippen molar-refractivity contribution in [2.45, 2.75) is 6.92 Å². The first-order valence-corrected chi connectivity index (χ1v) is 8.49. The summed E-state index contributed by atoms with van der Waals surface area (Å²) in [5, 5.41) is 2.92. The quantitative estimate of drug-likeness (QED) is 0.641. The number of ether oxygens (including phenoxy) is 1. The normalized spacial score (nSPS) is 15.8. The molecule has 2 aromatic heterocycles. The van der Waals surface area contributed by atoms with Crippen molar-refractivity contribution < 1.29 is 9.53 Å². The van der Waals surface area contributed by atoms with Gasteiger partial charge in [0, 0.05) is 18.0 Å². The first-order valence-electron chi connectivity index (χ1n) is 6.80. The average molecular weight is 320 g/mol. The molecule has 1 aliphatic heterocycles. The van der Waals surface area contributed by atoms with Crippen molar-refractivity contribution in [3.05, 3.63) is 39.0 Å². The van der Waals surface area contributed by atoms with Gasteiger partial charge in [-0.15, -0.1) is 11.3 Å². The molecule has 0 aliphatic carbocycles. The molecule has 4 nitrogen and oxygen atoms in total. The Morgan fingerprint density at radius 3 is 2.95 bits per heavy atom. The van der Waals surface area contributed by atoms with E-state index in [1.165, 1.54) is 11.3 Å². The summed E-state index contributed by atoms with van der Waals surface area (Å²) < 4.78 is 5.34. The summed E-state index contributed by atoms with van der Waals surface area (Å²) >= 11 is 3.09. The number of rotatable bonds is 4. The number of carbonyl (C=O) groups excluding carboxylic acids is 1. The van der Waals surface area contributed by atoms with Gasteiger partial charge in [0.15, 0.2) is 10.9 Å². The van der Waals surface area contributed by atoms with Crippen LogP contribution in [0.4, 0.5) is 5.13 Å². The van der Waals surface area contributed by atoms with Crippen molar-refractivity contribution >= 4 is 39.7 Å². The molecule has 0 saturated carbocycles. The second-order valence-electron chi connectivity index (χ2n) is 4.72. The molecule has 21 heavy (non-hydrogen) atoms. The Kier molecular flexibility index (Phi) is 4.48. The van der Waals surface area contributed by atoms with Gasteiger partial charge in [-0.3, -0.25) is 4.79 Å². The number of carbonyl (C=O) groups is 1. The van der Waals surface area contributed by atoms with Crippen molar-refractivity contribution in [3.8, 4) is 0 Å². The fourth-order valence-corrected chi connectivity index (χ4v) is 3.78. The molecule has 6 heteroatoms. The van der Waals surface area contributed by atoms with Gasteiger partial charge in [-0.25, -0.2) is 4.98 Å². The number of hydrogen-bond acceptors (Lipinski definition) is 6. The van der Waals surface area contributed by atoms with Gasteiger partial charge in [0.2, 0.25) is 0 Å². The predicted octanol–water partition coefficient (Wildman–Crippen LogP) is 3.25. The van der Waals surface area contributed by atoms with E-state index in [9.17, 15) is 4.79 Å². The zero-order chi connectivity index (χ0) is 14.7. The largest absolute Gasteiger partial charge is 0.378 e. The fourth-order valence-electron chi connectivity index (χ4n) is 2.12. The number of ketones is 1. The molecule has 0 spiro atoms. The highest BCUT2D eigenvalue weighted by Gasteiger charge is 2.19. The van der Waals surface area contributed by atoms with E-state index in [-0.39, 0.29) is 5.78 Å². The smallest absolute Gasteiger partial charge is 0.197 e. The summed E-state index contributed by atoms with van der Waals surface area (Å²) in [6.07, 6.45) is 3.50. The SMILES string of the molecule is Cc1nc(N2CCOCC2)sc1C(=O)C=Cc1cccs1. The molecular weight excluding hydrogens is 304 g/mol. The lowest BCUT2D eigenvalue weighted by Gasteiger charge is -2.25. The Hall–Kier alpha value is -1.50. The minimum absolute atomic E-state index is 0.0258. The van der Waals surface area contributed by atoms with Gasteiger partial charge in [0.25, 0.3) is 0 Å². The van der Waals surface area contributed by atoms with Crippen LogP contribution in [0, 0.1) is 6.92 Å². The number of thiophene rings is 1. The molecule has 1 aliphatic rings. The number of thiazole rings is 1. The molecule has 0 aromatic carbocycles. The lowest BCUT2D eigenvalue weighted by Crippen LogP contribution is -2.36. The zero-order valence-corrected chi connectivity index (χ0v) is 13.4. The Labute approximate surface area is 131 Å². The number of morpholine rings is 1. The maximum Gasteiger partial charge on any atom is 0.197 e. The highest BCUT2D eigenvalue weighted by atomic mass is 32.1. The molecule has 0 N–H and O–H groups in total. The van der Waals surface area contributed by atoms with Crippen LogP contribution in [0.5, 0.6) is 0 Å². The molecule has 110 valence electrons.